The second-order valence-electron chi connectivity index (χ2n) is 6.83. The lowest BCUT2D eigenvalue weighted by molar-refractivity contribution is 0.105. The van der Waals surface area contributed by atoms with E-state index in [9.17, 15) is 0 Å². The Bertz CT molecular complexity index is 712. The monoisotopic (exact) mass is 386 g/mol. The summed E-state index contributed by atoms with van der Waals surface area (Å²) in [5.74, 6) is 2.32. The first kappa shape index (κ1) is 20.2. The van der Waals surface area contributed by atoms with Crippen LogP contribution in [-0.2, 0) is 17.9 Å². The molecule has 0 unspecified atom stereocenters. The molecule has 2 heterocycles. The average Bonchev–Trinajstić information content (AvgIpc) is 3.42. The van der Waals surface area contributed by atoms with Crippen LogP contribution in [-0.4, -0.2) is 37.2 Å². The van der Waals surface area contributed by atoms with Gasteiger partial charge >= 0.3 is 0 Å². The third-order valence-corrected chi connectivity index (χ3v) is 4.68. The van der Waals surface area contributed by atoms with Crippen LogP contribution < -0.4 is 15.4 Å². The summed E-state index contributed by atoms with van der Waals surface area (Å²) in [5, 5.41) is 6.63. The first-order chi connectivity index (χ1) is 13.8. The molecule has 152 valence electrons. The van der Waals surface area contributed by atoms with Gasteiger partial charge in [0.25, 0.3) is 0 Å². The van der Waals surface area contributed by atoms with Crippen LogP contribution in [0.3, 0.4) is 0 Å². The molecule has 0 aromatic carbocycles. The van der Waals surface area contributed by atoms with Crippen LogP contribution in [0.25, 0.3) is 0 Å². The molecule has 1 aliphatic rings. The fourth-order valence-corrected chi connectivity index (χ4v) is 3.18. The molecule has 28 heavy (non-hydrogen) atoms. The van der Waals surface area contributed by atoms with Gasteiger partial charge in [0.05, 0.1) is 6.26 Å². The number of hydrogen-bond donors (Lipinski definition) is 2. The molecule has 7 heteroatoms. The van der Waals surface area contributed by atoms with Crippen LogP contribution in [0, 0.1) is 0 Å². The molecule has 0 bridgehead atoms. The average molecular weight is 386 g/mol. The summed E-state index contributed by atoms with van der Waals surface area (Å²) in [6.45, 7) is 2.55. The molecule has 2 aromatic rings. The molecule has 0 saturated heterocycles. The molecule has 1 saturated carbocycles. The summed E-state index contributed by atoms with van der Waals surface area (Å²) in [6, 6.07) is 7.75. The van der Waals surface area contributed by atoms with Crippen molar-refractivity contribution in [1.29, 1.82) is 0 Å². The van der Waals surface area contributed by atoms with Crippen molar-refractivity contribution in [2.75, 3.05) is 20.2 Å². The molecule has 7 nitrogen and oxygen atoms in total. The van der Waals surface area contributed by atoms with Crippen LogP contribution in [0.5, 0.6) is 5.88 Å². The molecule has 0 aliphatic heterocycles. The number of nitrogens with zero attached hydrogens (tertiary/aromatic N) is 2. The Kier molecular flexibility index (Phi) is 8.18. The van der Waals surface area contributed by atoms with Gasteiger partial charge in [-0.05, 0) is 50.3 Å². The summed E-state index contributed by atoms with van der Waals surface area (Å²) < 4.78 is 16.9. The van der Waals surface area contributed by atoms with Crippen molar-refractivity contribution in [3.8, 4) is 5.88 Å². The van der Waals surface area contributed by atoms with Crippen molar-refractivity contribution in [1.82, 2.24) is 15.6 Å². The topological polar surface area (TPSA) is 80.9 Å². The van der Waals surface area contributed by atoms with E-state index in [1.807, 2.05) is 24.3 Å². The predicted molar refractivity (Wildman–Crippen MR) is 108 cm³/mol. The number of furan rings is 1. The van der Waals surface area contributed by atoms with Crippen LogP contribution >= 0.6 is 0 Å². The molecular formula is C21H30N4O3. The molecule has 0 atom stereocenters. The SMILES string of the molecule is CN=C(NCCCOCc1ccco1)NCc1cccnc1OC1CCCC1. The van der Waals surface area contributed by atoms with Gasteiger partial charge in [0.2, 0.25) is 5.88 Å². The zero-order valence-electron chi connectivity index (χ0n) is 16.5. The molecule has 2 aromatic heterocycles. The van der Waals surface area contributed by atoms with Gasteiger partial charge in [0.15, 0.2) is 5.96 Å². The van der Waals surface area contributed by atoms with E-state index in [-0.39, 0.29) is 0 Å². The Morgan fingerprint density at radius 2 is 2.14 bits per heavy atom. The molecule has 3 rings (SSSR count). The van der Waals surface area contributed by atoms with Crippen molar-refractivity contribution in [3.05, 3.63) is 48.0 Å². The standard InChI is InChI=1S/C21H30N4O3/c1-22-21(24-12-6-13-26-16-19-10-5-14-27-19)25-15-17-7-4-11-23-20(17)28-18-8-2-3-9-18/h4-5,7,10-11,14,18H,2-3,6,8-9,12-13,15-16H2,1H3,(H2,22,24,25). The van der Waals surface area contributed by atoms with Crippen molar-refractivity contribution >= 4 is 5.96 Å². The van der Waals surface area contributed by atoms with Crippen molar-refractivity contribution in [2.45, 2.75) is 51.4 Å². The quantitative estimate of drug-likeness (QED) is 0.371. The third kappa shape index (κ3) is 6.56. The van der Waals surface area contributed by atoms with Gasteiger partial charge in [-0.3, -0.25) is 4.99 Å². The highest BCUT2D eigenvalue weighted by Crippen LogP contribution is 2.24. The number of nitrogens with one attached hydrogen (secondary N) is 2. The number of rotatable bonds is 10. The Labute approximate surface area is 166 Å². The zero-order chi connectivity index (χ0) is 19.4. The number of aliphatic imine (C=N–C) groups is 1. The normalized spacial score (nSPS) is 15.0. The largest absolute Gasteiger partial charge is 0.474 e. The van der Waals surface area contributed by atoms with Gasteiger partial charge < -0.3 is 24.5 Å². The van der Waals surface area contributed by atoms with Gasteiger partial charge in [-0.25, -0.2) is 4.98 Å². The van der Waals surface area contributed by atoms with Gasteiger partial charge in [-0.2, -0.15) is 0 Å². The second kappa shape index (κ2) is 11.3. The van der Waals surface area contributed by atoms with E-state index >= 15 is 0 Å². The summed E-state index contributed by atoms with van der Waals surface area (Å²) in [7, 11) is 1.77. The van der Waals surface area contributed by atoms with Crippen LogP contribution in [0.2, 0.25) is 0 Å². The minimum Gasteiger partial charge on any atom is -0.474 e. The maximum atomic E-state index is 6.09. The molecule has 0 amide bonds. The maximum Gasteiger partial charge on any atom is 0.218 e. The van der Waals surface area contributed by atoms with E-state index in [2.05, 4.69) is 20.6 Å². The van der Waals surface area contributed by atoms with Crippen molar-refractivity contribution < 1.29 is 13.9 Å². The maximum absolute atomic E-state index is 6.09. The summed E-state index contributed by atoms with van der Waals surface area (Å²) in [4.78, 5) is 8.69. The Balaban J connectivity index is 1.35. The third-order valence-electron chi connectivity index (χ3n) is 4.68. The smallest absolute Gasteiger partial charge is 0.218 e. The lowest BCUT2D eigenvalue weighted by Crippen LogP contribution is -2.37. The van der Waals surface area contributed by atoms with Crippen molar-refractivity contribution in [2.24, 2.45) is 4.99 Å². The highest BCUT2D eigenvalue weighted by atomic mass is 16.5. The Morgan fingerprint density at radius 1 is 1.25 bits per heavy atom. The van der Waals surface area contributed by atoms with E-state index in [1.54, 1.807) is 19.5 Å². The summed E-state index contributed by atoms with van der Waals surface area (Å²) in [5.41, 5.74) is 1.04. The molecule has 1 aliphatic carbocycles. The molecular weight excluding hydrogens is 356 g/mol. The van der Waals surface area contributed by atoms with Gasteiger partial charge in [-0.1, -0.05) is 6.07 Å². The molecule has 1 fully saturated rings. The number of pyridine rings is 1. The van der Waals surface area contributed by atoms with Gasteiger partial charge in [0, 0.05) is 38.5 Å². The first-order valence-electron chi connectivity index (χ1n) is 10.0. The fourth-order valence-electron chi connectivity index (χ4n) is 3.18. The highest BCUT2D eigenvalue weighted by Gasteiger charge is 2.18. The number of aromatic nitrogens is 1. The van der Waals surface area contributed by atoms with Crippen LogP contribution in [0.15, 0.2) is 46.1 Å². The van der Waals surface area contributed by atoms with Gasteiger partial charge in [-0.15, -0.1) is 0 Å². The molecule has 0 radical (unpaired) electrons. The van der Waals surface area contributed by atoms with Crippen LogP contribution in [0.4, 0.5) is 0 Å². The molecule has 0 spiro atoms. The minimum atomic E-state index is 0.298. The minimum absolute atomic E-state index is 0.298. The Hall–Kier alpha value is -2.54. The predicted octanol–water partition coefficient (Wildman–Crippen LogP) is 3.27. The molecule has 2 N–H and O–H groups in total. The lowest BCUT2D eigenvalue weighted by Gasteiger charge is -2.16. The first-order valence-corrected chi connectivity index (χ1v) is 10.0. The summed E-state index contributed by atoms with van der Waals surface area (Å²) in [6.07, 6.45) is 9.34. The van der Waals surface area contributed by atoms with E-state index in [0.717, 1.165) is 49.0 Å². The number of guanidine groups is 1. The van der Waals surface area contributed by atoms with Crippen molar-refractivity contribution in [3.63, 3.8) is 0 Å². The second-order valence-corrected chi connectivity index (χ2v) is 6.83. The number of hydrogen-bond acceptors (Lipinski definition) is 5. The van der Waals surface area contributed by atoms with E-state index < -0.39 is 0 Å². The zero-order valence-corrected chi connectivity index (χ0v) is 16.5. The lowest BCUT2D eigenvalue weighted by atomic mass is 10.2. The summed E-state index contributed by atoms with van der Waals surface area (Å²) >= 11 is 0. The Morgan fingerprint density at radius 3 is 2.93 bits per heavy atom. The fraction of sp³-hybridized carbons (Fsp3) is 0.524. The van der Waals surface area contributed by atoms with E-state index in [0.29, 0.717) is 25.9 Å². The van der Waals surface area contributed by atoms with Crippen LogP contribution in [0.1, 0.15) is 43.4 Å². The van der Waals surface area contributed by atoms with E-state index in [4.69, 9.17) is 13.9 Å². The highest BCUT2D eigenvalue weighted by molar-refractivity contribution is 5.79. The van der Waals surface area contributed by atoms with Gasteiger partial charge in [0.1, 0.15) is 18.5 Å². The number of ether oxygens (including phenoxy) is 2. The van der Waals surface area contributed by atoms with E-state index in [1.165, 1.54) is 12.8 Å².